The lowest BCUT2D eigenvalue weighted by Crippen LogP contribution is -1.99. The summed E-state index contributed by atoms with van der Waals surface area (Å²) < 4.78 is 5.73. The van der Waals surface area contributed by atoms with Gasteiger partial charge in [-0.05, 0) is 24.3 Å². The number of rotatable bonds is 1. The molecule has 24 heavy (non-hydrogen) atoms. The molecule has 0 bridgehead atoms. The second-order valence-electron chi connectivity index (χ2n) is 5.11. The second-order valence-corrected chi connectivity index (χ2v) is 5.11. The molecule has 1 N–H and O–H groups in total. The molecule has 0 radical (unpaired) electrons. The van der Waals surface area contributed by atoms with Gasteiger partial charge in [0.1, 0.15) is 11.3 Å². The smallest absolute Gasteiger partial charge is 0.193 e. The molecular weight excluding hydrogens is 298 g/mol. The van der Waals surface area contributed by atoms with Crippen molar-refractivity contribution in [2.24, 2.45) is 0 Å². The first kappa shape index (κ1) is 15.6. The number of fused-ring (bicyclic) bond motifs is 1. The van der Waals surface area contributed by atoms with Gasteiger partial charge in [-0.15, -0.1) is 0 Å². The minimum atomic E-state index is -0.00861. The summed E-state index contributed by atoms with van der Waals surface area (Å²) in [6.07, 6.45) is 11.6. The second kappa shape index (κ2) is 7.79. The molecule has 0 unspecified atom stereocenters. The van der Waals surface area contributed by atoms with E-state index in [1.54, 1.807) is 6.07 Å². The first-order valence-electron chi connectivity index (χ1n) is 7.67. The fourth-order valence-electron chi connectivity index (χ4n) is 2.25. The zero-order valence-electron chi connectivity index (χ0n) is 13.1. The number of allylic oxidation sites excluding steroid dienone is 4. The van der Waals surface area contributed by atoms with E-state index in [9.17, 15) is 4.79 Å². The fourth-order valence-corrected chi connectivity index (χ4v) is 2.25. The normalized spacial score (nSPS) is 12.2. The first-order chi connectivity index (χ1) is 11.8. The van der Waals surface area contributed by atoms with E-state index < -0.39 is 0 Å². The van der Waals surface area contributed by atoms with E-state index in [1.807, 2.05) is 85.2 Å². The van der Waals surface area contributed by atoms with Crippen LogP contribution in [0.5, 0.6) is 0 Å². The largest absolute Gasteiger partial charge is 0.456 e. The minimum Gasteiger partial charge on any atom is -0.456 e. The molecule has 3 nitrogen and oxygen atoms in total. The van der Waals surface area contributed by atoms with Gasteiger partial charge in [-0.2, -0.15) is 0 Å². The summed E-state index contributed by atoms with van der Waals surface area (Å²) in [6, 6.07) is 18.4. The van der Waals surface area contributed by atoms with Gasteiger partial charge in [-0.3, -0.25) is 4.79 Å². The highest BCUT2D eigenvalue weighted by Gasteiger charge is 2.05. The van der Waals surface area contributed by atoms with E-state index in [0.717, 1.165) is 5.56 Å². The number of hydrogen-bond acceptors (Lipinski definition) is 3. The third-order valence-electron chi connectivity index (χ3n) is 3.41. The van der Waals surface area contributed by atoms with Crippen LogP contribution in [0.1, 0.15) is 0 Å². The molecule has 0 fully saturated rings. The Hall–Kier alpha value is -3.33. The summed E-state index contributed by atoms with van der Waals surface area (Å²) in [5, 5.41) is 3.54. The van der Waals surface area contributed by atoms with Crippen molar-refractivity contribution in [3.8, 4) is 11.3 Å². The molecule has 0 saturated heterocycles. The van der Waals surface area contributed by atoms with Crippen LogP contribution in [0.2, 0.25) is 0 Å². The van der Waals surface area contributed by atoms with E-state index in [1.165, 1.54) is 6.07 Å². The molecule has 0 spiro atoms. The Kier molecular flexibility index (Phi) is 5.05. The highest BCUT2D eigenvalue weighted by atomic mass is 16.3. The Balaban J connectivity index is 0.000000203. The van der Waals surface area contributed by atoms with Gasteiger partial charge in [0.25, 0.3) is 0 Å². The SMILES string of the molecule is C1=CC=CNC=C1.O=c1cc(-c2ccccc2)oc2ccccc12. The molecule has 118 valence electrons. The van der Waals surface area contributed by atoms with Gasteiger partial charge in [0, 0.05) is 24.0 Å². The van der Waals surface area contributed by atoms with Crippen LogP contribution < -0.4 is 10.7 Å². The standard InChI is InChI=1S/C15H10O2.C6H7N/c16-13-10-15(11-6-2-1-3-7-11)17-14-9-5-4-8-12(13)14;1-2-4-6-7-5-3-1/h1-10H;1-7H. The van der Waals surface area contributed by atoms with E-state index in [0.29, 0.717) is 16.7 Å². The summed E-state index contributed by atoms with van der Waals surface area (Å²) in [4.78, 5) is 11.9. The average Bonchev–Trinajstić information content (AvgIpc) is 2.96. The van der Waals surface area contributed by atoms with Crippen molar-refractivity contribution in [3.05, 3.63) is 108 Å². The van der Waals surface area contributed by atoms with E-state index >= 15 is 0 Å². The van der Waals surface area contributed by atoms with Crippen molar-refractivity contribution in [2.45, 2.75) is 0 Å². The van der Waals surface area contributed by atoms with Crippen molar-refractivity contribution >= 4 is 11.0 Å². The number of hydrogen-bond donors (Lipinski definition) is 1. The van der Waals surface area contributed by atoms with E-state index in [2.05, 4.69) is 5.32 Å². The van der Waals surface area contributed by atoms with Gasteiger partial charge in [-0.25, -0.2) is 0 Å². The Labute approximate surface area is 140 Å². The Bertz CT molecular complexity index is 936. The van der Waals surface area contributed by atoms with Crippen molar-refractivity contribution in [3.63, 3.8) is 0 Å². The predicted molar refractivity (Wildman–Crippen MR) is 98.5 cm³/mol. The molecule has 1 aliphatic heterocycles. The van der Waals surface area contributed by atoms with Crippen LogP contribution in [0.4, 0.5) is 0 Å². The average molecular weight is 315 g/mol. The number of benzene rings is 2. The third kappa shape index (κ3) is 3.90. The Morgan fingerprint density at radius 1 is 0.750 bits per heavy atom. The molecule has 0 aliphatic carbocycles. The van der Waals surface area contributed by atoms with Crippen LogP contribution in [0.25, 0.3) is 22.3 Å². The number of nitrogens with one attached hydrogen (secondary N) is 1. The summed E-state index contributed by atoms with van der Waals surface area (Å²) in [6.45, 7) is 0. The monoisotopic (exact) mass is 315 g/mol. The maximum atomic E-state index is 11.9. The first-order valence-corrected chi connectivity index (χ1v) is 7.67. The molecule has 2 aromatic carbocycles. The van der Waals surface area contributed by atoms with Crippen LogP contribution in [0, 0.1) is 0 Å². The molecule has 3 heteroatoms. The molecule has 4 rings (SSSR count). The number of para-hydroxylation sites is 1. The highest BCUT2D eigenvalue weighted by Crippen LogP contribution is 2.21. The van der Waals surface area contributed by atoms with Gasteiger partial charge in [0.15, 0.2) is 5.43 Å². The zero-order valence-corrected chi connectivity index (χ0v) is 13.1. The molecule has 0 saturated carbocycles. The van der Waals surface area contributed by atoms with Gasteiger partial charge in [0.2, 0.25) is 0 Å². The molecule has 3 aromatic rings. The summed E-state index contributed by atoms with van der Waals surface area (Å²) in [7, 11) is 0. The Morgan fingerprint density at radius 2 is 1.42 bits per heavy atom. The van der Waals surface area contributed by atoms with Crippen LogP contribution in [0.3, 0.4) is 0 Å². The molecule has 0 amide bonds. The van der Waals surface area contributed by atoms with E-state index in [4.69, 9.17) is 4.42 Å². The zero-order chi connectivity index (χ0) is 16.6. The fraction of sp³-hybridized carbons (Fsp3) is 0. The Morgan fingerprint density at radius 3 is 2.17 bits per heavy atom. The molecule has 2 heterocycles. The van der Waals surface area contributed by atoms with E-state index in [-0.39, 0.29) is 5.43 Å². The molecular formula is C21H17NO2. The molecule has 0 atom stereocenters. The van der Waals surface area contributed by atoms with Gasteiger partial charge in [-0.1, -0.05) is 54.6 Å². The lowest BCUT2D eigenvalue weighted by molar-refractivity contribution is 0.619. The van der Waals surface area contributed by atoms with Gasteiger partial charge >= 0.3 is 0 Å². The molecule has 1 aliphatic rings. The summed E-state index contributed by atoms with van der Waals surface area (Å²) in [5.41, 5.74) is 1.53. The maximum absolute atomic E-state index is 11.9. The van der Waals surface area contributed by atoms with Gasteiger partial charge < -0.3 is 9.73 Å². The third-order valence-corrected chi connectivity index (χ3v) is 3.41. The van der Waals surface area contributed by atoms with Crippen molar-refractivity contribution < 1.29 is 4.42 Å². The lowest BCUT2D eigenvalue weighted by atomic mass is 10.1. The topological polar surface area (TPSA) is 42.2 Å². The van der Waals surface area contributed by atoms with Crippen molar-refractivity contribution in [1.82, 2.24) is 5.32 Å². The lowest BCUT2D eigenvalue weighted by Gasteiger charge is -2.02. The molecule has 1 aromatic heterocycles. The van der Waals surface area contributed by atoms with Gasteiger partial charge in [0.05, 0.1) is 5.39 Å². The van der Waals surface area contributed by atoms with Crippen LogP contribution in [0.15, 0.2) is 107 Å². The van der Waals surface area contributed by atoms with Crippen molar-refractivity contribution in [1.29, 1.82) is 0 Å². The quantitative estimate of drug-likeness (QED) is 0.711. The van der Waals surface area contributed by atoms with Crippen LogP contribution in [-0.4, -0.2) is 0 Å². The van der Waals surface area contributed by atoms with Crippen LogP contribution >= 0.6 is 0 Å². The minimum absolute atomic E-state index is 0.00861. The predicted octanol–water partition coefficient (Wildman–Crippen LogP) is 4.63. The van der Waals surface area contributed by atoms with Crippen LogP contribution in [-0.2, 0) is 0 Å². The summed E-state index contributed by atoms with van der Waals surface area (Å²) in [5.74, 6) is 0.606. The highest BCUT2D eigenvalue weighted by molar-refractivity contribution is 5.78. The summed E-state index contributed by atoms with van der Waals surface area (Å²) >= 11 is 0. The maximum Gasteiger partial charge on any atom is 0.193 e. The van der Waals surface area contributed by atoms with Crippen molar-refractivity contribution in [2.75, 3.05) is 0 Å².